The van der Waals surface area contributed by atoms with E-state index in [4.69, 9.17) is 10.2 Å². The average molecular weight is 197 g/mol. The molecule has 0 bridgehead atoms. The summed E-state index contributed by atoms with van der Waals surface area (Å²) >= 11 is 0. The van der Waals surface area contributed by atoms with Crippen molar-refractivity contribution in [3.05, 3.63) is 11.8 Å². The highest BCUT2D eigenvalue weighted by Gasteiger charge is 2.26. The molecule has 2 atom stereocenters. The largest absolute Gasteiger partial charge is 0.423 e. The summed E-state index contributed by atoms with van der Waals surface area (Å²) in [6.07, 6.45) is 0. The molecule has 0 saturated carbocycles. The molecule has 80 valence electrons. The molecule has 1 rings (SSSR count). The van der Waals surface area contributed by atoms with E-state index in [1.165, 1.54) is 0 Å². The normalized spacial score (nSPS) is 16.7. The van der Waals surface area contributed by atoms with Crippen LogP contribution in [0.3, 0.4) is 0 Å². The van der Waals surface area contributed by atoms with Crippen molar-refractivity contribution in [3.63, 3.8) is 0 Å². The van der Waals surface area contributed by atoms with Crippen LogP contribution in [0.4, 0.5) is 0 Å². The first-order chi connectivity index (χ1) is 6.32. The fourth-order valence-electron chi connectivity index (χ4n) is 0.976. The van der Waals surface area contributed by atoms with Gasteiger partial charge in [0.1, 0.15) is 0 Å². The summed E-state index contributed by atoms with van der Waals surface area (Å²) in [4.78, 5) is 0. The van der Waals surface area contributed by atoms with Gasteiger partial charge in [-0.1, -0.05) is 27.7 Å². The van der Waals surface area contributed by atoms with Gasteiger partial charge in [0.05, 0.1) is 6.04 Å². The first-order valence-electron chi connectivity index (χ1n) is 4.91. The Morgan fingerprint density at radius 2 is 1.64 bits per heavy atom. The summed E-state index contributed by atoms with van der Waals surface area (Å²) in [5.41, 5.74) is 5.77. The van der Waals surface area contributed by atoms with Crippen LogP contribution in [-0.2, 0) is 0 Å². The quantitative estimate of drug-likeness (QED) is 0.789. The van der Waals surface area contributed by atoms with Gasteiger partial charge in [-0.2, -0.15) is 0 Å². The highest BCUT2D eigenvalue weighted by molar-refractivity contribution is 4.96. The van der Waals surface area contributed by atoms with Gasteiger partial charge in [0.15, 0.2) is 0 Å². The summed E-state index contributed by atoms with van der Waals surface area (Å²) < 4.78 is 5.49. The second-order valence-corrected chi connectivity index (χ2v) is 4.85. The molecule has 1 aromatic rings. The summed E-state index contributed by atoms with van der Waals surface area (Å²) in [7, 11) is 0. The zero-order valence-corrected chi connectivity index (χ0v) is 9.53. The maximum absolute atomic E-state index is 5.64. The van der Waals surface area contributed by atoms with Crippen LogP contribution in [0.1, 0.15) is 58.4 Å². The summed E-state index contributed by atoms with van der Waals surface area (Å²) in [6.45, 7) is 10.4. The van der Waals surface area contributed by atoms with Crippen LogP contribution in [0.2, 0.25) is 0 Å². The van der Waals surface area contributed by atoms with Gasteiger partial charge in [0, 0.05) is 5.92 Å². The Balaban J connectivity index is 2.87. The molecule has 0 saturated heterocycles. The third-order valence-electron chi connectivity index (χ3n) is 2.52. The SMILES string of the molecule is CC(N)c1nnc(C(C)C(C)(C)C)o1. The van der Waals surface area contributed by atoms with Gasteiger partial charge in [0.25, 0.3) is 0 Å². The third kappa shape index (κ3) is 2.32. The Bertz CT molecular complexity index is 299. The Morgan fingerprint density at radius 1 is 1.14 bits per heavy atom. The number of hydrogen-bond acceptors (Lipinski definition) is 4. The monoisotopic (exact) mass is 197 g/mol. The van der Waals surface area contributed by atoms with Crippen molar-refractivity contribution in [1.29, 1.82) is 0 Å². The van der Waals surface area contributed by atoms with E-state index >= 15 is 0 Å². The molecule has 0 aliphatic carbocycles. The van der Waals surface area contributed by atoms with Crippen LogP contribution in [0, 0.1) is 5.41 Å². The molecule has 1 aromatic heterocycles. The van der Waals surface area contributed by atoms with Crippen LogP contribution >= 0.6 is 0 Å². The lowest BCUT2D eigenvalue weighted by molar-refractivity contribution is 0.280. The summed E-state index contributed by atoms with van der Waals surface area (Å²) in [5, 5.41) is 7.92. The lowest BCUT2D eigenvalue weighted by Crippen LogP contribution is -2.15. The van der Waals surface area contributed by atoms with E-state index in [-0.39, 0.29) is 17.4 Å². The molecule has 0 radical (unpaired) electrons. The van der Waals surface area contributed by atoms with Crippen molar-refractivity contribution in [2.75, 3.05) is 0 Å². The lowest BCUT2D eigenvalue weighted by atomic mass is 9.82. The lowest BCUT2D eigenvalue weighted by Gasteiger charge is -2.23. The Labute approximate surface area is 84.9 Å². The van der Waals surface area contributed by atoms with Gasteiger partial charge < -0.3 is 10.2 Å². The minimum Gasteiger partial charge on any atom is -0.423 e. The zero-order chi connectivity index (χ0) is 10.9. The van der Waals surface area contributed by atoms with E-state index in [1.807, 2.05) is 6.92 Å². The zero-order valence-electron chi connectivity index (χ0n) is 9.53. The topological polar surface area (TPSA) is 64.9 Å². The van der Waals surface area contributed by atoms with Gasteiger partial charge in [-0.05, 0) is 12.3 Å². The molecular formula is C10H19N3O. The van der Waals surface area contributed by atoms with Crippen molar-refractivity contribution in [2.24, 2.45) is 11.1 Å². The Kier molecular flexibility index (Phi) is 2.95. The molecular weight excluding hydrogens is 178 g/mol. The van der Waals surface area contributed by atoms with E-state index in [0.29, 0.717) is 11.8 Å². The molecule has 0 fully saturated rings. The van der Waals surface area contributed by atoms with Crippen LogP contribution in [0.5, 0.6) is 0 Å². The summed E-state index contributed by atoms with van der Waals surface area (Å²) in [6, 6.07) is -0.191. The second-order valence-electron chi connectivity index (χ2n) is 4.85. The average Bonchev–Trinajstić information content (AvgIpc) is 2.48. The molecule has 2 N–H and O–H groups in total. The fourth-order valence-corrected chi connectivity index (χ4v) is 0.976. The van der Waals surface area contributed by atoms with Crippen molar-refractivity contribution in [2.45, 2.75) is 46.6 Å². The predicted molar refractivity (Wildman–Crippen MR) is 54.8 cm³/mol. The Morgan fingerprint density at radius 3 is 2.00 bits per heavy atom. The molecule has 4 heteroatoms. The fraction of sp³-hybridized carbons (Fsp3) is 0.800. The molecule has 0 aliphatic heterocycles. The Hall–Kier alpha value is -0.900. The van der Waals surface area contributed by atoms with Gasteiger partial charge in [-0.25, -0.2) is 0 Å². The molecule has 0 aromatic carbocycles. The second kappa shape index (κ2) is 3.69. The van der Waals surface area contributed by atoms with Gasteiger partial charge in [-0.3, -0.25) is 0 Å². The predicted octanol–water partition coefficient (Wildman–Crippen LogP) is 2.24. The standard InChI is InChI=1S/C10H19N3O/c1-6(10(3,4)5)8-12-13-9(14-8)7(2)11/h6-7H,11H2,1-5H3. The highest BCUT2D eigenvalue weighted by atomic mass is 16.4. The van der Waals surface area contributed by atoms with Crippen LogP contribution in [-0.4, -0.2) is 10.2 Å². The molecule has 4 nitrogen and oxygen atoms in total. The van der Waals surface area contributed by atoms with E-state index in [0.717, 1.165) is 0 Å². The van der Waals surface area contributed by atoms with Crippen molar-refractivity contribution in [1.82, 2.24) is 10.2 Å². The molecule has 2 unspecified atom stereocenters. The van der Waals surface area contributed by atoms with Gasteiger partial charge >= 0.3 is 0 Å². The minimum absolute atomic E-state index is 0.127. The van der Waals surface area contributed by atoms with Crippen LogP contribution in [0.25, 0.3) is 0 Å². The first kappa shape index (κ1) is 11.2. The maximum Gasteiger partial charge on any atom is 0.232 e. The minimum atomic E-state index is -0.191. The first-order valence-corrected chi connectivity index (χ1v) is 4.91. The summed E-state index contributed by atoms with van der Waals surface area (Å²) in [5.74, 6) is 1.42. The molecule has 14 heavy (non-hydrogen) atoms. The van der Waals surface area contributed by atoms with Gasteiger partial charge in [0.2, 0.25) is 11.8 Å². The molecule has 0 amide bonds. The van der Waals surface area contributed by atoms with E-state index in [9.17, 15) is 0 Å². The highest BCUT2D eigenvalue weighted by Crippen LogP contribution is 2.33. The van der Waals surface area contributed by atoms with Crippen molar-refractivity contribution >= 4 is 0 Å². The number of nitrogens with zero attached hydrogens (tertiary/aromatic N) is 2. The molecule has 0 spiro atoms. The number of nitrogens with two attached hydrogens (primary N) is 1. The van der Waals surface area contributed by atoms with Crippen LogP contribution in [0.15, 0.2) is 4.42 Å². The van der Waals surface area contributed by atoms with E-state index in [1.54, 1.807) is 0 Å². The van der Waals surface area contributed by atoms with Crippen LogP contribution < -0.4 is 5.73 Å². The van der Waals surface area contributed by atoms with Crippen molar-refractivity contribution < 1.29 is 4.42 Å². The molecule has 0 aliphatic rings. The maximum atomic E-state index is 5.64. The van der Waals surface area contributed by atoms with E-state index in [2.05, 4.69) is 37.9 Å². The number of aromatic nitrogens is 2. The smallest absolute Gasteiger partial charge is 0.232 e. The van der Waals surface area contributed by atoms with Crippen molar-refractivity contribution in [3.8, 4) is 0 Å². The van der Waals surface area contributed by atoms with Gasteiger partial charge in [-0.15, -0.1) is 10.2 Å². The number of hydrogen-bond donors (Lipinski definition) is 1. The van der Waals surface area contributed by atoms with E-state index < -0.39 is 0 Å². The number of rotatable bonds is 2. The molecule has 1 heterocycles. The third-order valence-corrected chi connectivity index (χ3v) is 2.52.